The molecule has 2 nitrogen and oxygen atoms in total. The van der Waals surface area contributed by atoms with Crippen molar-refractivity contribution in [2.75, 3.05) is 0 Å². The van der Waals surface area contributed by atoms with Crippen molar-refractivity contribution in [2.45, 2.75) is 36.5 Å². The number of benzene rings is 1. The summed E-state index contributed by atoms with van der Waals surface area (Å²) in [5, 5.41) is 2.58. The van der Waals surface area contributed by atoms with Gasteiger partial charge in [-0.25, -0.2) is 14.4 Å². The van der Waals surface area contributed by atoms with Crippen molar-refractivity contribution in [3.8, 4) is 0 Å². The molecule has 2 aromatic heterocycles. The minimum atomic E-state index is -0.261. The number of halogens is 2. The second kappa shape index (κ2) is 6.38. The van der Waals surface area contributed by atoms with Gasteiger partial charge in [-0.1, -0.05) is 17.7 Å². The lowest BCUT2D eigenvalue weighted by Crippen LogP contribution is -1.99. The van der Waals surface area contributed by atoms with E-state index in [1.807, 2.05) is 0 Å². The van der Waals surface area contributed by atoms with E-state index in [0.717, 1.165) is 22.7 Å². The highest BCUT2D eigenvalue weighted by atomic mass is 35.5. The maximum Gasteiger partial charge on any atom is 0.128 e. The Hall–Kier alpha value is -1.17. The quantitative estimate of drug-likeness (QED) is 0.443. The van der Waals surface area contributed by atoms with Gasteiger partial charge in [0.25, 0.3) is 0 Å². The normalized spacial score (nSPS) is 14.2. The summed E-state index contributed by atoms with van der Waals surface area (Å²) < 4.78 is 14.0. The molecule has 0 unspecified atom stereocenters. The molecule has 118 valence electrons. The van der Waals surface area contributed by atoms with Crippen LogP contribution in [0.25, 0.3) is 10.2 Å². The SMILES string of the molecule is Fc1cccc(Cl)c1CSc1ncnc2sc3c(c12)CCCC3. The fourth-order valence-electron chi connectivity index (χ4n) is 2.98. The van der Waals surface area contributed by atoms with Crippen LogP contribution in [0, 0.1) is 5.82 Å². The lowest BCUT2D eigenvalue weighted by Gasteiger charge is -2.11. The Kier molecular flexibility index (Phi) is 4.26. The van der Waals surface area contributed by atoms with Crippen molar-refractivity contribution in [1.82, 2.24) is 9.97 Å². The summed E-state index contributed by atoms with van der Waals surface area (Å²) in [6, 6.07) is 4.80. The predicted octanol–water partition coefficient (Wildman–Crippen LogP) is 5.65. The molecule has 1 aliphatic carbocycles. The zero-order valence-corrected chi connectivity index (χ0v) is 14.7. The molecule has 2 heterocycles. The largest absolute Gasteiger partial charge is 0.229 e. The first-order valence-electron chi connectivity index (χ1n) is 7.55. The third-order valence-corrected chi connectivity index (χ3v) is 6.70. The van der Waals surface area contributed by atoms with Crippen LogP contribution in [0.1, 0.15) is 28.8 Å². The van der Waals surface area contributed by atoms with Crippen LogP contribution >= 0.6 is 34.7 Å². The number of hydrogen-bond acceptors (Lipinski definition) is 4. The number of rotatable bonds is 3. The molecule has 0 bridgehead atoms. The van der Waals surface area contributed by atoms with Crippen LogP contribution in [0.15, 0.2) is 29.6 Å². The Balaban J connectivity index is 1.71. The molecule has 0 saturated heterocycles. The smallest absolute Gasteiger partial charge is 0.128 e. The molecule has 3 aromatic rings. The van der Waals surface area contributed by atoms with E-state index in [4.69, 9.17) is 11.6 Å². The maximum atomic E-state index is 14.0. The van der Waals surface area contributed by atoms with E-state index < -0.39 is 0 Å². The van der Waals surface area contributed by atoms with Gasteiger partial charge in [-0.15, -0.1) is 23.1 Å². The van der Waals surface area contributed by atoms with Crippen molar-refractivity contribution in [2.24, 2.45) is 0 Å². The molecular weight excluding hydrogens is 351 g/mol. The number of nitrogens with zero attached hydrogens (tertiary/aromatic N) is 2. The second-order valence-corrected chi connectivity index (χ2v) is 8.01. The van der Waals surface area contributed by atoms with Crippen LogP contribution < -0.4 is 0 Å². The van der Waals surface area contributed by atoms with E-state index in [-0.39, 0.29) is 5.82 Å². The van der Waals surface area contributed by atoms with Crippen LogP contribution in [-0.4, -0.2) is 9.97 Å². The summed E-state index contributed by atoms with van der Waals surface area (Å²) in [5.74, 6) is 0.213. The van der Waals surface area contributed by atoms with Gasteiger partial charge in [0.05, 0.1) is 0 Å². The van der Waals surface area contributed by atoms with Gasteiger partial charge in [0.1, 0.15) is 22.0 Å². The van der Waals surface area contributed by atoms with Crippen molar-refractivity contribution in [1.29, 1.82) is 0 Å². The van der Waals surface area contributed by atoms with E-state index in [2.05, 4.69) is 9.97 Å². The molecule has 1 aliphatic rings. The van der Waals surface area contributed by atoms with Gasteiger partial charge in [-0.2, -0.15) is 0 Å². The Morgan fingerprint density at radius 1 is 1.22 bits per heavy atom. The van der Waals surface area contributed by atoms with Crippen LogP contribution in [0.3, 0.4) is 0 Å². The average molecular weight is 365 g/mol. The van der Waals surface area contributed by atoms with Crippen LogP contribution in [-0.2, 0) is 18.6 Å². The molecule has 0 fully saturated rings. The van der Waals surface area contributed by atoms with Crippen molar-refractivity contribution in [3.05, 3.63) is 51.4 Å². The molecule has 0 aliphatic heterocycles. The van der Waals surface area contributed by atoms with Gasteiger partial charge >= 0.3 is 0 Å². The van der Waals surface area contributed by atoms with Crippen molar-refractivity contribution >= 4 is 44.9 Å². The summed E-state index contributed by atoms with van der Waals surface area (Å²) in [7, 11) is 0. The zero-order chi connectivity index (χ0) is 15.8. The Labute approximate surface area is 147 Å². The first kappa shape index (κ1) is 15.4. The molecule has 0 amide bonds. The third kappa shape index (κ3) is 2.86. The van der Waals surface area contributed by atoms with E-state index in [9.17, 15) is 4.39 Å². The molecule has 0 N–H and O–H groups in total. The Morgan fingerprint density at radius 3 is 2.96 bits per heavy atom. The minimum Gasteiger partial charge on any atom is -0.229 e. The van der Waals surface area contributed by atoms with Crippen LogP contribution in [0.5, 0.6) is 0 Å². The first-order valence-corrected chi connectivity index (χ1v) is 9.73. The van der Waals surface area contributed by atoms with Crippen molar-refractivity contribution in [3.63, 3.8) is 0 Å². The zero-order valence-electron chi connectivity index (χ0n) is 12.3. The van der Waals surface area contributed by atoms with Gasteiger partial charge in [-0.3, -0.25) is 0 Å². The van der Waals surface area contributed by atoms with Gasteiger partial charge in [0, 0.05) is 26.6 Å². The number of thioether (sulfide) groups is 1. The topological polar surface area (TPSA) is 25.8 Å². The summed E-state index contributed by atoms with van der Waals surface area (Å²) in [6.45, 7) is 0. The standard InChI is InChI=1S/C17H14ClFN2S2/c18-12-5-3-6-13(19)11(12)8-22-16-15-10-4-1-2-7-14(10)23-17(15)21-9-20-16/h3,5-6,9H,1-2,4,7-8H2. The lowest BCUT2D eigenvalue weighted by atomic mass is 9.97. The van der Waals surface area contributed by atoms with Gasteiger partial charge in [-0.05, 0) is 43.4 Å². The average Bonchev–Trinajstić information content (AvgIpc) is 2.93. The maximum absolute atomic E-state index is 14.0. The molecule has 0 radical (unpaired) electrons. The number of aryl methyl sites for hydroxylation is 2. The first-order chi connectivity index (χ1) is 11.2. The molecule has 1 aromatic carbocycles. The van der Waals surface area contributed by atoms with Crippen molar-refractivity contribution < 1.29 is 4.39 Å². The van der Waals surface area contributed by atoms with Crippen LogP contribution in [0.2, 0.25) is 5.02 Å². The fourth-order valence-corrected chi connectivity index (χ4v) is 5.64. The summed E-state index contributed by atoms with van der Waals surface area (Å²) >= 11 is 9.44. The lowest BCUT2D eigenvalue weighted by molar-refractivity contribution is 0.617. The van der Waals surface area contributed by atoms with Gasteiger partial charge in [0.15, 0.2) is 0 Å². The second-order valence-electron chi connectivity index (χ2n) is 5.56. The molecule has 0 spiro atoms. The van der Waals surface area contributed by atoms with E-state index in [1.165, 1.54) is 46.5 Å². The molecule has 6 heteroatoms. The Morgan fingerprint density at radius 2 is 2.09 bits per heavy atom. The van der Waals surface area contributed by atoms with Gasteiger partial charge < -0.3 is 0 Å². The highest BCUT2D eigenvalue weighted by Gasteiger charge is 2.20. The van der Waals surface area contributed by atoms with E-state index >= 15 is 0 Å². The fraction of sp³-hybridized carbons (Fsp3) is 0.294. The Bertz CT molecular complexity index is 858. The summed E-state index contributed by atoms with van der Waals surface area (Å²) in [5.41, 5.74) is 1.94. The van der Waals surface area contributed by atoms with E-state index in [1.54, 1.807) is 29.8 Å². The highest BCUT2D eigenvalue weighted by Crippen LogP contribution is 2.40. The minimum absolute atomic E-state index is 0.261. The predicted molar refractivity (Wildman–Crippen MR) is 95.0 cm³/mol. The van der Waals surface area contributed by atoms with Crippen LogP contribution in [0.4, 0.5) is 4.39 Å². The molecule has 4 rings (SSSR count). The third-order valence-electron chi connectivity index (χ3n) is 4.13. The number of fused-ring (bicyclic) bond motifs is 3. The highest BCUT2D eigenvalue weighted by molar-refractivity contribution is 7.98. The monoisotopic (exact) mass is 364 g/mol. The van der Waals surface area contributed by atoms with E-state index in [0.29, 0.717) is 16.3 Å². The molecule has 0 saturated carbocycles. The summed E-state index contributed by atoms with van der Waals surface area (Å²) in [4.78, 5) is 11.4. The summed E-state index contributed by atoms with van der Waals surface area (Å²) in [6.07, 6.45) is 6.31. The van der Waals surface area contributed by atoms with Gasteiger partial charge in [0.2, 0.25) is 0 Å². The molecule has 0 atom stereocenters. The number of thiophene rings is 1. The number of hydrogen-bond donors (Lipinski definition) is 0. The molecule has 23 heavy (non-hydrogen) atoms. The number of aromatic nitrogens is 2. The molecular formula is C17H14ClFN2S2.